The second kappa shape index (κ2) is 44.0. The molecular weight excluding hydrogens is 753 g/mol. The fourth-order valence-corrected chi connectivity index (χ4v) is 6.94. The molecule has 0 aliphatic heterocycles. The van der Waals surface area contributed by atoms with E-state index in [0.29, 0.717) is 32.5 Å². The maximum atomic E-state index is 13.9. The third-order valence-electron chi connectivity index (χ3n) is 10.5. The molecule has 55 heavy (non-hydrogen) atoms. The van der Waals surface area contributed by atoms with E-state index >= 15 is 0 Å². The number of nitrogens with two attached hydrogens (primary N) is 4. The molecular formula is C43H90Cl3N7O2. The maximum absolute atomic E-state index is 13.9. The summed E-state index contributed by atoms with van der Waals surface area (Å²) >= 11 is 0. The number of amides is 1. The molecule has 330 valence electrons. The van der Waals surface area contributed by atoms with Gasteiger partial charge >= 0.3 is 0 Å². The van der Waals surface area contributed by atoms with E-state index in [9.17, 15) is 9.59 Å². The Morgan fingerprint density at radius 2 is 0.964 bits per heavy atom. The van der Waals surface area contributed by atoms with Crippen LogP contribution in [0.15, 0.2) is 12.2 Å². The van der Waals surface area contributed by atoms with Crippen molar-refractivity contribution < 1.29 is 9.59 Å². The highest BCUT2D eigenvalue weighted by Gasteiger charge is 2.45. The molecule has 0 rings (SSSR count). The molecule has 0 spiro atoms. The molecule has 0 bridgehead atoms. The summed E-state index contributed by atoms with van der Waals surface area (Å²) in [7, 11) is 0. The summed E-state index contributed by atoms with van der Waals surface area (Å²) in [6, 6.07) is -0.903. The Hall–Kier alpha value is -1.10. The van der Waals surface area contributed by atoms with E-state index in [2.05, 4.69) is 31.3 Å². The van der Waals surface area contributed by atoms with Crippen LogP contribution in [0.5, 0.6) is 0 Å². The van der Waals surface area contributed by atoms with Crippen LogP contribution in [0.2, 0.25) is 0 Å². The summed E-state index contributed by atoms with van der Waals surface area (Å²) in [4.78, 5) is 29.1. The van der Waals surface area contributed by atoms with Crippen molar-refractivity contribution in [3.05, 3.63) is 12.2 Å². The van der Waals surface area contributed by atoms with Gasteiger partial charge in [-0.05, 0) is 51.4 Å². The van der Waals surface area contributed by atoms with Crippen LogP contribution in [0.25, 0.3) is 0 Å². The van der Waals surface area contributed by atoms with Gasteiger partial charge in [0.15, 0.2) is 17.3 Å². The van der Waals surface area contributed by atoms with Crippen LogP contribution in [-0.4, -0.2) is 60.3 Å². The zero-order valence-corrected chi connectivity index (χ0v) is 38.0. The van der Waals surface area contributed by atoms with E-state index in [1.54, 1.807) is 4.90 Å². The lowest BCUT2D eigenvalue weighted by Crippen LogP contribution is -2.68. The van der Waals surface area contributed by atoms with Crippen molar-refractivity contribution in [1.82, 2.24) is 10.2 Å². The first-order chi connectivity index (χ1) is 25.2. The number of guanidine groups is 1. The molecule has 10 N–H and O–H groups in total. The van der Waals surface area contributed by atoms with Crippen LogP contribution in [-0.2, 0) is 9.59 Å². The Morgan fingerprint density at radius 1 is 0.618 bits per heavy atom. The lowest BCUT2D eigenvalue weighted by Gasteiger charge is -2.34. The van der Waals surface area contributed by atoms with E-state index in [0.717, 1.165) is 38.5 Å². The molecule has 1 unspecified atom stereocenters. The van der Waals surface area contributed by atoms with Crippen molar-refractivity contribution in [1.29, 1.82) is 5.41 Å². The molecule has 0 aromatic rings. The molecule has 0 aromatic heterocycles. The first kappa shape index (κ1) is 60.6. The van der Waals surface area contributed by atoms with Gasteiger partial charge in [0.05, 0.1) is 6.04 Å². The first-order valence-electron chi connectivity index (χ1n) is 22.1. The van der Waals surface area contributed by atoms with E-state index in [-0.39, 0.29) is 55.6 Å². The van der Waals surface area contributed by atoms with Gasteiger partial charge in [-0.2, -0.15) is 0 Å². The monoisotopic (exact) mass is 842 g/mol. The topological polar surface area (TPSA) is 177 Å². The largest absolute Gasteiger partial charge is 0.370 e. The number of ketones is 1. The summed E-state index contributed by atoms with van der Waals surface area (Å²) in [5.74, 6) is -1.02. The minimum absolute atomic E-state index is 0. The van der Waals surface area contributed by atoms with Gasteiger partial charge in [0.1, 0.15) is 0 Å². The molecule has 9 nitrogen and oxygen atoms in total. The van der Waals surface area contributed by atoms with Crippen LogP contribution in [0, 0.1) is 5.41 Å². The molecule has 12 heteroatoms. The van der Waals surface area contributed by atoms with Crippen LogP contribution in [0.3, 0.4) is 0 Å². The summed E-state index contributed by atoms with van der Waals surface area (Å²) in [5.41, 5.74) is 22.3. The van der Waals surface area contributed by atoms with Crippen LogP contribution < -0.4 is 28.3 Å². The van der Waals surface area contributed by atoms with Gasteiger partial charge < -0.3 is 33.2 Å². The number of hydrogen-bond donors (Lipinski definition) is 6. The lowest BCUT2D eigenvalue weighted by atomic mass is 9.87. The Kier molecular flexibility index (Phi) is 48.5. The zero-order chi connectivity index (χ0) is 38.5. The number of nitrogens with zero attached hydrogens (tertiary/aromatic N) is 1. The highest BCUT2D eigenvalue weighted by molar-refractivity contribution is 6.12. The number of carbonyl (C=O) groups excluding carboxylic acids is 2. The average Bonchev–Trinajstić information content (AvgIpc) is 3.14. The number of nitrogens with one attached hydrogen (secondary N) is 2. The smallest absolute Gasteiger partial charge is 0.251 e. The second-order valence-corrected chi connectivity index (χ2v) is 15.5. The Labute approximate surface area is 358 Å². The van der Waals surface area contributed by atoms with Crippen LogP contribution in [0.4, 0.5) is 0 Å². The fraction of sp³-hybridized carbons (Fsp3) is 0.884. The molecule has 0 aliphatic rings. The number of unbranched alkanes of at least 4 members (excludes halogenated alkanes) is 25. The van der Waals surface area contributed by atoms with Crippen molar-refractivity contribution in [2.75, 3.05) is 26.2 Å². The predicted molar refractivity (Wildman–Crippen MR) is 246 cm³/mol. The SMILES string of the molecule is CCCCCCCC/C=C\CCCCCCCCN(CCCCCCCCCCCCCCCC)C(=O)C(N)(CN)C(=O)[C@@H](N)CCCNC(=N)N.Cl.Cl.Cl. The Morgan fingerprint density at radius 3 is 1.31 bits per heavy atom. The third kappa shape index (κ3) is 34.6. The summed E-state index contributed by atoms with van der Waals surface area (Å²) in [6.07, 6.45) is 40.7. The summed E-state index contributed by atoms with van der Waals surface area (Å²) in [5, 5.41) is 10.0. The second-order valence-electron chi connectivity index (χ2n) is 15.5. The number of Topliss-reactive ketones (excluding diaryl/α,β-unsaturated/α-hetero) is 1. The van der Waals surface area contributed by atoms with E-state index in [1.807, 2.05) is 0 Å². The van der Waals surface area contributed by atoms with Gasteiger partial charge in [-0.3, -0.25) is 15.0 Å². The van der Waals surface area contributed by atoms with Gasteiger partial charge in [0.25, 0.3) is 5.91 Å². The van der Waals surface area contributed by atoms with E-state index in [1.165, 1.54) is 141 Å². The van der Waals surface area contributed by atoms with E-state index < -0.39 is 17.4 Å². The van der Waals surface area contributed by atoms with Crippen molar-refractivity contribution in [3.63, 3.8) is 0 Å². The molecule has 0 radical (unpaired) electrons. The summed E-state index contributed by atoms with van der Waals surface area (Å²) in [6.45, 7) is 5.86. The van der Waals surface area contributed by atoms with Gasteiger partial charge in [0.2, 0.25) is 0 Å². The average molecular weight is 844 g/mol. The predicted octanol–water partition coefficient (Wildman–Crippen LogP) is 10.4. The lowest BCUT2D eigenvalue weighted by molar-refractivity contribution is -0.143. The van der Waals surface area contributed by atoms with Gasteiger partial charge in [-0.1, -0.05) is 167 Å². The number of halogens is 3. The van der Waals surface area contributed by atoms with E-state index in [4.69, 9.17) is 28.3 Å². The van der Waals surface area contributed by atoms with Gasteiger partial charge in [0, 0.05) is 26.2 Å². The fourth-order valence-electron chi connectivity index (χ4n) is 6.94. The Bertz CT molecular complexity index is 900. The van der Waals surface area contributed by atoms with Crippen molar-refractivity contribution in [3.8, 4) is 0 Å². The molecule has 2 atom stereocenters. The normalized spacial score (nSPS) is 12.6. The van der Waals surface area contributed by atoms with Crippen LogP contribution in [0.1, 0.15) is 206 Å². The maximum Gasteiger partial charge on any atom is 0.251 e. The molecule has 0 saturated carbocycles. The number of rotatable bonds is 39. The number of allylic oxidation sites excluding steroid dienone is 2. The number of carbonyl (C=O) groups is 2. The quantitative estimate of drug-likeness (QED) is 0.0117. The van der Waals surface area contributed by atoms with Crippen molar-refractivity contribution in [2.45, 2.75) is 218 Å². The highest BCUT2D eigenvalue weighted by atomic mass is 35.5. The highest BCUT2D eigenvalue weighted by Crippen LogP contribution is 2.17. The zero-order valence-electron chi connectivity index (χ0n) is 35.6. The minimum Gasteiger partial charge on any atom is -0.370 e. The summed E-state index contributed by atoms with van der Waals surface area (Å²) < 4.78 is 0. The molecule has 0 saturated heterocycles. The van der Waals surface area contributed by atoms with Gasteiger partial charge in [-0.15, -0.1) is 37.2 Å². The molecule has 0 heterocycles. The number of hydrogen-bond acceptors (Lipinski definition) is 6. The molecule has 0 aromatic carbocycles. The first-order valence-corrected chi connectivity index (χ1v) is 22.1. The minimum atomic E-state index is -1.83. The van der Waals surface area contributed by atoms with Crippen LogP contribution >= 0.6 is 37.2 Å². The molecule has 0 fully saturated rings. The Balaban J connectivity index is -0.00000433. The molecule has 0 aliphatic carbocycles. The van der Waals surface area contributed by atoms with Gasteiger partial charge in [-0.25, -0.2) is 0 Å². The molecule has 1 amide bonds. The standard InChI is InChI=1S/C43H87N7O2.3ClH/c1-3-5-7-9-11-13-15-17-19-20-22-24-26-28-30-32-37-50(36-31-29-27-25-23-21-18-16-14-12-10-8-6-4-2)41(52)43(48,38-44)40(51)39(45)34-33-35-49-42(46)47;;;/h17,19,39H,3-16,18,20-38,44-45,48H2,1-2H3,(H4,46,47,49);3*1H/b19-17-;;;/t39-,43?;;;/m0.../s1. The van der Waals surface area contributed by atoms with Crippen molar-refractivity contribution >= 4 is 54.9 Å². The van der Waals surface area contributed by atoms with Crippen molar-refractivity contribution in [2.24, 2.45) is 22.9 Å². The third-order valence-corrected chi connectivity index (χ3v) is 10.5.